The van der Waals surface area contributed by atoms with E-state index in [0.717, 1.165) is 25.7 Å². The second kappa shape index (κ2) is 15.4. The number of nitrogens with zero attached hydrogens (tertiary/aromatic N) is 4. The first-order valence-electron chi connectivity index (χ1n) is 19.3. The number of carbonyl (C=O) groups excluding carboxylic acids is 4. The number of sulfonamides is 1. The van der Waals surface area contributed by atoms with Crippen molar-refractivity contribution in [3.05, 3.63) is 60.3 Å². The highest BCUT2D eigenvalue weighted by Gasteiger charge is 2.62. The molecule has 0 spiro atoms. The summed E-state index contributed by atoms with van der Waals surface area (Å²) in [5.41, 5.74) is -1.76. The molecule has 2 saturated carbocycles. The number of allylic oxidation sites excluding steroid dienone is 1. The van der Waals surface area contributed by atoms with Crippen LogP contribution in [0.25, 0.3) is 33.6 Å². The van der Waals surface area contributed by atoms with Gasteiger partial charge in [-0.1, -0.05) is 37.1 Å². The Kier molecular flexibility index (Phi) is 10.5. The highest BCUT2D eigenvalue weighted by atomic mass is 32.2. The third-order valence-electron chi connectivity index (χ3n) is 11.1. The van der Waals surface area contributed by atoms with Crippen LogP contribution in [0.3, 0.4) is 0 Å². The quantitative estimate of drug-likeness (QED) is 0.219. The molecule has 0 unspecified atom stereocenters. The van der Waals surface area contributed by atoms with Crippen molar-refractivity contribution in [3.63, 3.8) is 0 Å². The summed E-state index contributed by atoms with van der Waals surface area (Å²) in [5.74, 6) is -2.90. The van der Waals surface area contributed by atoms with Gasteiger partial charge in [-0.25, -0.2) is 23.2 Å². The van der Waals surface area contributed by atoms with E-state index in [-0.39, 0.29) is 59.9 Å². The van der Waals surface area contributed by atoms with Crippen LogP contribution in [0.15, 0.2) is 59.2 Å². The molecule has 8 rings (SSSR count). The van der Waals surface area contributed by atoms with Crippen LogP contribution in [0.2, 0.25) is 0 Å². The van der Waals surface area contributed by atoms with E-state index in [4.69, 9.17) is 13.9 Å². The molecular weight excluding hydrogens is 800 g/mol. The summed E-state index contributed by atoms with van der Waals surface area (Å²) < 4.78 is 85.3. The van der Waals surface area contributed by atoms with E-state index in [1.165, 1.54) is 23.2 Å². The molecule has 20 heteroatoms. The van der Waals surface area contributed by atoms with E-state index in [0.29, 0.717) is 37.5 Å². The van der Waals surface area contributed by atoms with Gasteiger partial charge >= 0.3 is 12.3 Å². The predicted octanol–water partition coefficient (Wildman–Crippen LogP) is 4.53. The Morgan fingerprint density at radius 1 is 1.05 bits per heavy atom. The maximum absolute atomic E-state index is 14.4. The number of alkyl carbamates (subject to hydrolysis) is 1. The summed E-state index contributed by atoms with van der Waals surface area (Å²) in [6, 6.07) is 5.20. The Balaban J connectivity index is 1.15. The van der Waals surface area contributed by atoms with Crippen molar-refractivity contribution in [2.45, 2.75) is 92.9 Å². The monoisotopic (exact) mass is 839 g/mol. The van der Waals surface area contributed by atoms with Gasteiger partial charge < -0.3 is 29.4 Å². The number of aromatic nitrogens is 3. The highest BCUT2D eigenvalue weighted by Crippen LogP contribution is 2.46. The summed E-state index contributed by atoms with van der Waals surface area (Å²) in [6.07, 6.45) is 2.40. The number of nitrogens with one attached hydrogen (secondary N) is 3. The smallest absolute Gasteiger partial charge is 0.416 e. The minimum absolute atomic E-state index is 0.00119. The van der Waals surface area contributed by atoms with Crippen molar-refractivity contribution in [2.24, 2.45) is 5.92 Å². The van der Waals surface area contributed by atoms with E-state index in [2.05, 4.69) is 30.3 Å². The molecule has 312 valence electrons. The molecule has 4 aromatic rings. The molecule has 3 aromatic heterocycles. The van der Waals surface area contributed by atoms with Gasteiger partial charge in [-0.05, 0) is 62.8 Å². The van der Waals surface area contributed by atoms with Crippen molar-refractivity contribution in [1.29, 1.82) is 0 Å². The number of benzene rings is 1. The number of fused-ring (bicyclic) bond motifs is 5. The molecule has 3 N–H and O–H groups in total. The molecular formula is C39H40F3N7O9S. The van der Waals surface area contributed by atoms with E-state index in [1.54, 1.807) is 18.2 Å². The lowest BCUT2D eigenvalue weighted by Gasteiger charge is -2.29. The number of amides is 4. The first-order chi connectivity index (χ1) is 28.2. The summed E-state index contributed by atoms with van der Waals surface area (Å²) in [7, 11) is -2.81. The standard InChI is InChI=1S/C39H40F3N7O9S/c1-56-37(53)44-27-10-6-4-2-3-5-8-23-19-38(23,36(52)48-59(54,55)25-15-16-25)47-32(50)28-18-24(20-49(28)35(27)51)57-34-30-29(26-9-7-17-43-33(26)58-30)45-31(46-34)21-11-13-22(14-12-21)39(40,41)42/h5,7-9,11-14,17,23-25,27-28H,2-4,6,10,15-16,18-20H2,1H3,(H,44,53)(H,47,50)(H,48,52)/t23-,24-,27+,28+,38-/m1/s1. The van der Waals surface area contributed by atoms with Crippen LogP contribution in [-0.4, -0.2) is 94.7 Å². The van der Waals surface area contributed by atoms with Crippen LogP contribution in [0.4, 0.5) is 18.0 Å². The van der Waals surface area contributed by atoms with Gasteiger partial charge in [0.15, 0.2) is 5.82 Å². The Bertz CT molecular complexity index is 2460. The van der Waals surface area contributed by atoms with Gasteiger partial charge in [-0.15, -0.1) is 0 Å². The average Bonchev–Trinajstić information content (AvgIpc) is 4.11. The molecule has 4 amide bonds. The topological polar surface area (TPSA) is 212 Å². The molecule has 2 aliphatic heterocycles. The van der Waals surface area contributed by atoms with Crippen LogP contribution >= 0.6 is 0 Å². The second-order valence-electron chi connectivity index (χ2n) is 15.2. The number of hydrogen-bond acceptors (Lipinski definition) is 12. The summed E-state index contributed by atoms with van der Waals surface area (Å²) in [4.78, 5) is 69.7. The summed E-state index contributed by atoms with van der Waals surface area (Å²) in [6.45, 7) is -0.214. The van der Waals surface area contributed by atoms with Crippen LogP contribution in [-0.2, 0) is 35.3 Å². The minimum Gasteiger partial charge on any atom is -0.470 e. The lowest BCUT2D eigenvalue weighted by atomic mass is 10.1. The van der Waals surface area contributed by atoms with Gasteiger partial charge in [-0.2, -0.15) is 18.2 Å². The van der Waals surface area contributed by atoms with E-state index in [9.17, 15) is 40.8 Å². The number of alkyl halides is 3. The van der Waals surface area contributed by atoms with E-state index < -0.39 is 80.5 Å². The Hall–Kier alpha value is -5.79. The number of rotatable bonds is 7. The number of furan rings is 1. The molecule has 3 fully saturated rings. The number of methoxy groups -OCH3 is 1. The van der Waals surface area contributed by atoms with Crippen molar-refractivity contribution in [3.8, 4) is 17.3 Å². The largest absolute Gasteiger partial charge is 0.470 e. The molecule has 2 aliphatic carbocycles. The number of hydrogen-bond donors (Lipinski definition) is 3. The Labute approximate surface area is 335 Å². The third kappa shape index (κ3) is 8.13. The zero-order chi connectivity index (χ0) is 41.7. The minimum atomic E-state index is -4.58. The van der Waals surface area contributed by atoms with Gasteiger partial charge in [0, 0.05) is 24.1 Å². The molecule has 1 saturated heterocycles. The lowest BCUT2D eigenvalue weighted by molar-refractivity contribution is -0.141. The third-order valence-corrected chi connectivity index (χ3v) is 12.9. The molecule has 0 radical (unpaired) electrons. The van der Waals surface area contributed by atoms with Gasteiger partial charge in [0.05, 0.1) is 29.9 Å². The van der Waals surface area contributed by atoms with Gasteiger partial charge in [0.25, 0.3) is 11.8 Å². The molecule has 16 nitrogen and oxygen atoms in total. The fourth-order valence-electron chi connectivity index (χ4n) is 7.68. The molecule has 5 atom stereocenters. The van der Waals surface area contributed by atoms with Crippen molar-refractivity contribution in [2.75, 3.05) is 13.7 Å². The number of carbonyl (C=O) groups is 4. The fourth-order valence-corrected chi connectivity index (χ4v) is 9.04. The maximum atomic E-state index is 14.4. The van der Waals surface area contributed by atoms with E-state index >= 15 is 0 Å². The van der Waals surface area contributed by atoms with Gasteiger partial charge in [0.2, 0.25) is 33.1 Å². The number of pyridine rings is 1. The van der Waals surface area contributed by atoms with Crippen LogP contribution in [0.5, 0.6) is 5.88 Å². The predicted molar refractivity (Wildman–Crippen MR) is 203 cm³/mol. The van der Waals surface area contributed by atoms with E-state index in [1.807, 2.05) is 6.08 Å². The van der Waals surface area contributed by atoms with Crippen molar-refractivity contribution < 1.29 is 54.7 Å². The first kappa shape index (κ1) is 40.0. The van der Waals surface area contributed by atoms with Crippen LogP contribution < -0.4 is 20.1 Å². The maximum Gasteiger partial charge on any atom is 0.416 e. The van der Waals surface area contributed by atoms with Crippen molar-refractivity contribution >= 4 is 56.0 Å². The molecule has 1 aromatic carbocycles. The zero-order valence-corrected chi connectivity index (χ0v) is 32.5. The molecule has 4 aliphatic rings. The van der Waals surface area contributed by atoms with Gasteiger partial charge in [0.1, 0.15) is 29.2 Å². The van der Waals surface area contributed by atoms with Crippen LogP contribution in [0, 0.1) is 5.92 Å². The molecule has 59 heavy (non-hydrogen) atoms. The summed E-state index contributed by atoms with van der Waals surface area (Å²) >= 11 is 0. The number of halogens is 3. The Morgan fingerprint density at radius 2 is 1.83 bits per heavy atom. The SMILES string of the molecule is COC(=O)N[C@H]1CCCCCC=C[C@@H]2C[C@@]2(C(=O)NS(=O)(=O)C2CC2)NC(=O)[C@@H]2C[C@@H](Oc3nc(-c4ccc(C(F)(F)F)cc4)nc4c3oc3ncccc34)CN2C1=O. The Morgan fingerprint density at radius 3 is 2.56 bits per heavy atom. The molecule has 0 bridgehead atoms. The van der Waals surface area contributed by atoms with Crippen molar-refractivity contribution in [1.82, 2.24) is 35.2 Å². The first-order valence-corrected chi connectivity index (χ1v) is 20.8. The van der Waals surface area contributed by atoms with Gasteiger partial charge in [-0.3, -0.25) is 19.1 Å². The number of ether oxygens (including phenoxy) is 2. The zero-order valence-electron chi connectivity index (χ0n) is 31.7. The lowest BCUT2D eigenvalue weighted by Crippen LogP contribution is -2.58. The molecule has 5 heterocycles. The fraction of sp³-hybridized carbons (Fsp3) is 0.462. The summed E-state index contributed by atoms with van der Waals surface area (Å²) in [5, 5.41) is 5.15. The normalized spacial score (nSPS) is 25.3. The highest BCUT2D eigenvalue weighted by molar-refractivity contribution is 7.91. The van der Waals surface area contributed by atoms with Crippen LogP contribution in [0.1, 0.15) is 63.4 Å². The average molecular weight is 840 g/mol. The second-order valence-corrected chi connectivity index (χ2v) is 17.2.